The number of aromatic nitrogens is 1. The predicted molar refractivity (Wildman–Crippen MR) is 71.7 cm³/mol. The van der Waals surface area contributed by atoms with Crippen LogP contribution in [0.1, 0.15) is 43.7 Å². The minimum Gasteiger partial charge on any atom is -0.458 e. The summed E-state index contributed by atoms with van der Waals surface area (Å²) in [5.41, 5.74) is 0.657. The Bertz CT molecular complexity index is 478. The average Bonchev–Trinajstić information content (AvgIpc) is 2.26. The molecule has 0 aliphatic rings. The fraction of sp³-hybridized carbons (Fsp3) is 0.500. The molecule has 19 heavy (non-hydrogen) atoms. The third-order valence-corrected chi connectivity index (χ3v) is 2.27. The first kappa shape index (κ1) is 15.1. The molecule has 5 nitrogen and oxygen atoms in total. The number of aryl methyl sites for hydroxylation is 1. The summed E-state index contributed by atoms with van der Waals surface area (Å²) in [6, 6.07) is 2.57. The van der Waals surface area contributed by atoms with E-state index in [2.05, 4.69) is 10.3 Å². The van der Waals surface area contributed by atoms with Crippen LogP contribution in [0, 0.1) is 6.92 Å². The topological polar surface area (TPSA) is 68.3 Å². The first-order valence-electron chi connectivity index (χ1n) is 6.15. The number of nitrogens with zero attached hydrogens (tertiary/aromatic N) is 1. The van der Waals surface area contributed by atoms with Gasteiger partial charge < -0.3 is 10.1 Å². The van der Waals surface area contributed by atoms with E-state index in [0.29, 0.717) is 5.56 Å². The Morgan fingerprint density at radius 2 is 2.00 bits per heavy atom. The van der Waals surface area contributed by atoms with Gasteiger partial charge in [0, 0.05) is 17.5 Å². The summed E-state index contributed by atoms with van der Waals surface area (Å²) in [5, 5.41) is 2.60. The van der Waals surface area contributed by atoms with Gasteiger partial charge in [0.15, 0.2) is 0 Å². The molecule has 0 unspecified atom stereocenters. The number of carbonyl (C=O) groups excluding carboxylic acids is 2. The van der Waals surface area contributed by atoms with Gasteiger partial charge in [-0.3, -0.25) is 9.78 Å². The van der Waals surface area contributed by atoms with Crippen LogP contribution in [0.2, 0.25) is 0 Å². The van der Waals surface area contributed by atoms with E-state index in [-0.39, 0.29) is 5.91 Å². The van der Waals surface area contributed by atoms with Gasteiger partial charge in [0.05, 0.1) is 0 Å². The zero-order valence-corrected chi connectivity index (χ0v) is 12.0. The van der Waals surface area contributed by atoms with Gasteiger partial charge in [-0.1, -0.05) is 0 Å². The second kappa shape index (κ2) is 5.82. The van der Waals surface area contributed by atoms with Crippen LogP contribution in [0.3, 0.4) is 0 Å². The Kier molecular flexibility index (Phi) is 4.64. The first-order chi connectivity index (χ1) is 8.69. The summed E-state index contributed by atoms with van der Waals surface area (Å²) in [6.45, 7) is 8.75. The highest BCUT2D eigenvalue weighted by Gasteiger charge is 2.23. The number of ether oxygens (including phenoxy) is 1. The van der Waals surface area contributed by atoms with Crippen molar-refractivity contribution in [2.75, 3.05) is 0 Å². The SMILES string of the molecule is Cc1cc(C(=O)N[C@H](C)C(=O)OC(C)(C)C)ccn1. The summed E-state index contributed by atoms with van der Waals surface area (Å²) in [7, 11) is 0. The molecule has 1 aromatic rings. The zero-order valence-electron chi connectivity index (χ0n) is 12.0. The number of amides is 1. The second-order valence-electron chi connectivity index (χ2n) is 5.41. The van der Waals surface area contributed by atoms with Crippen LogP contribution in [-0.4, -0.2) is 28.5 Å². The van der Waals surface area contributed by atoms with Gasteiger partial charge in [0.1, 0.15) is 11.6 Å². The van der Waals surface area contributed by atoms with Crippen molar-refractivity contribution in [3.63, 3.8) is 0 Å². The lowest BCUT2D eigenvalue weighted by Gasteiger charge is -2.22. The number of esters is 1. The quantitative estimate of drug-likeness (QED) is 0.846. The summed E-state index contributed by atoms with van der Waals surface area (Å²) in [5.74, 6) is -0.768. The average molecular weight is 264 g/mol. The van der Waals surface area contributed by atoms with Crippen LogP contribution in [0.15, 0.2) is 18.3 Å². The number of hydrogen-bond donors (Lipinski definition) is 1. The van der Waals surface area contributed by atoms with Gasteiger partial charge in [-0.05, 0) is 46.8 Å². The lowest BCUT2D eigenvalue weighted by atomic mass is 10.2. The van der Waals surface area contributed by atoms with Crippen molar-refractivity contribution in [2.45, 2.75) is 46.3 Å². The molecule has 0 aromatic carbocycles. The van der Waals surface area contributed by atoms with Crippen molar-refractivity contribution in [3.05, 3.63) is 29.6 Å². The summed E-state index contributed by atoms with van der Waals surface area (Å²) in [6.07, 6.45) is 1.56. The van der Waals surface area contributed by atoms with Gasteiger partial charge in [-0.25, -0.2) is 4.79 Å². The van der Waals surface area contributed by atoms with E-state index in [1.165, 1.54) is 0 Å². The number of pyridine rings is 1. The maximum absolute atomic E-state index is 11.9. The van der Waals surface area contributed by atoms with Gasteiger partial charge in [-0.2, -0.15) is 0 Å². The highest BCUT2D eigenvalue weighted by molar-refractivity contribution is 5.96. The van der Waals surface area contributed by atoms with Crippen LogP contribution in [0.25, 0.3) is 0 Å². The maximum atomic E-state index is 11.9. The zero-order chi connectivity index (χ0) is 14.6. The molecule has 0 aliphatic carbocycles. The molecule has 1 amide bonds. The van der Waals surface area contributed by atoms with Gasteiger partial charge >= 0.3 is 5.97 Å². The number of carbonyl (C=O) groups is 2. The van der Waals surface area contributed by atoms with E-state index in [1.807, 2.05) is 0 Å². The van der Waals surface area contributed by atoms with Crippen molar-refractivity contribution >= 4 is 11.9 Å². The summed E-state index contributed by atoms with van der Waals surface area (Å²) >= 11 is 0. The van der Waals surface area contributed by atoms with Crippen molar-refractivity contribution in [1.82, 2.24) is 10.3 Å². The molecule has 1 rings (SSSR count). The van der Waals surface area contributed by atoms with Crippen LogP contribution in [-0.2, 0) is 9.53 Å². The maximum Gasteiger partial charge on any atom is 0.328 e. The van der Waals surface area contributed by atoms with Crippen molar-refractivity contribution in [1.29, 1.82) is 0 Å². The second-order valence-corrected chi connectivity index (χ2v) is 5.41. The molecule has 1 aromatic heterocycles. The van der Waals surface area contributed by atoms with E-state index >= 15 is 0 Å². The molecule has 0 aliphatic heterocycles. The van der Waals surface area contributed by atoms with Crippen LogP contribution in [0.4, 0.5) is 0 Å². The van der Waals surface area contributed by atoms with E-state index in [9.17, 15) is 9.59 Å². The van der Waals surface area contributed by atoms with Crippen molar-refractivity contribution in [3.8, 4) is 0 Å². The normalized spacial score (nSPS) is 12.7. The minimum atomic E-state index is -0.694. The third kappa shape index (κ3) is 5.07. The standard InChI is InChI=1S/C14H20N2O3/c1-9-8-11(6-7-15-9)12(17)16-10(2)13(18)19-14(3,4)5/h6-8,10H,1-5H3,(H,16,17)/t10-/m1/s1. The van der Waals surface area contributed by atoms with Gasteiger partial charge in [0.25, 0.3) is 5.91 Å². The molecular weight excluding hydrogens is 244 g/mol. The van der Waals surface area contributed by atoms with Crippen LogP contribution >= 0.6 is 0 Å². The summed E-state index contributed by atoms with van der Waals surface area (Å²) in [4.78, 5) is 27.7. The third-order valence-electron chi connectivity index (χ3n) is 2.27. The molecule has 0 radical (unpaired) electrons. The molecule has 1 N–H and O–H groups in total. The fourth-order valence-corrected chi connectivity index (χ4v) is 1.42. The smallest absolute Gasteiger partial charge is 0.328 e. The predicted octanol–water partition coefficient (Wildman–Crippen LogP) is 1.85. The Balaban J connectivity index is 2.64. The van der Waals surface area contributed by atoms with E-state index in [1.54, 1.807) is 52.9 Å². The fourth-order valence-electron chi connectivity index (χ4n) is 1.42. The van der Waals surface area contributed by atoms with Gasteiger partial charge in [0.2, 0.25) is 0 Å². The van der Waals surface area contributed by atoms with Crippen molar-refractivity contribution < 1.29 is 14.3 Å². The molecule has 1 atom stereocenters. The Morgan fingerprint density at radius 1 is 1.37 bits per heavy atom. The molecule has 5 heteroatoms. The molecule has 1 heterocycles. The Hall–Kier alpha value is -1.91. The number of rotatable bonds is 3. The molecule has 0 fully saturated rings. The van der Waals surface area contributed by atoms with E-state index < -0.39 is 17.6 Å². The van der Waals surface area contributed by atoms with E-state index in [0.717, 1.165) is 5.69 Å². The minimum absolute atomic E-state index is 0.316. The molecule has 0 saturated carbocycles. The highest BCUT2D eigenvalue weighted by atomic mass is 16.6. The first-order valence-corrected chi connectivity index (χ1v) is 6.15. The summed E-state index contributed by atoms with van der Waals surface area (Å²) < 4.78 is 5.19. The lowest BCUT2D eigenvalue weighted by Crippen LogP contribution is -2.42. The van der Waals surface area contributed by atoms with Gasteiger partial charge in [-0.15, -0.1) is 0 Å². The number of nitrogens with one attached hydrogen (secondary N) is 1. The Labute approximate surface area is 113 Å². The monoisotopic (exact) mass is 264 g/mol. The van der Waals surface area contributed by atoms with Crippen LogP contribution < -0.4 is 5.32 Å². The molecule has 104 valence electrons. The lowest BCUT2D eigenvalue weighted by molar-refractivity contribution is -0.156. The molecular formula is C14H20N2O3. The largest absolute Gasteiger partial charge is 0.458 e. The highest BCUT2D eigenvalue weighted by Crippen LogP contribution is 2.09. The van der Waals surface area contributed by atoms with E-state index in [4.69, 9.17) is 4.74 Å². The molecule has 0 spiro atoms. The Morgan fingerprint density at radius 3 is 2.53 bits per heavy atom. The van der Waals surface area contributed by atoms with Crippen molar-refractivity contribution in [2.24, 2.45) is 0 Å². The molecule has 0 saturated heterocycles. The molecule has 0 bridgehead atoms. The van der Waals surface area contributed by atoms with Crippen LogP contribution in [0.5, 0.6) is 0 Å². The number of hydrogen-bond acceptors (Lipinski definition) is 4.